The molecule has 190 valence electrons. The van der Waals surface area contributed by atoms with Gasteiger partial charge in [-0.15, -0.1) is 0 Å². The van der Waals surface area contributed by atoms with E-state index in [0.29, 0.717) is 25.0 Å². The first-order valence-electron chi connectivity index (χ1n) is 12.6. The van der Waals surface area contributed by atoms with Crippen molar-refractivity contribution in [2.24, 2.45) is 5.92 Å². The minimum Gasteiger partial charge on any atom is -0.348 e. The summed E-state index contributed by atoms with van der Waals surface area (Å²) in [6, 6.07) is 3.67. The Morgan fingerprint density at radius 1 is 1.17 bits per heavy atom. The first kappa shape index (κ1) is 24.0. The Hall–Kier alpha value is -3.76. The maximum Gasteiger partial charge on any atom is 0.250 e. The van der Waals surface area contributed by atoms with Gasteiger partial charge in [0.05, 0.1) is 18.4 Å². The number of aryl methyl sites for hydroxylation is 1. The van der Waals surface area contributed by atoms with Gasteiger partial charge in [0.2, 0.25) is 23.6 Å². The second-order valence-electron chi connectivity index (χ2n) is 9.85. The maximum atomic E-state index is 13.8. The van der Waals surface area contributed by atoms with Crippen LogP contribution in [0.3, 0.4) is 0 Å². The first-order valence-corrected chi connectivity index (χ1v) is 12.6. The number of carbonyl (C=O) groups excluding carboxylic acids is 4. The van der Waals surface area contributed by atoms with E-state index < -0.39 is 18.1 Å². The van der Waals surface area contributed by atoms with Gasteiger partial charge in [0.1, 0.15) is 23.8 Å². The van der Waals surface area contributed by atoms with Crippen molar-refractivity contribution in [3.05, 3.63) is 41.2 Å². The Morgan fingerprint density at radius 2 is 1.94 bits per heavy atom. The fourth-order valence-electron chi connectivity index (χ4n) is 5.75. The zero-order valence-electron chi connectivity index (χ0n) is 20.3. The molecule has 5 rings (SSSR count). The summed E-state index contributed by atoms with van der Waals surface area (Å²) in [5, 5.41) is 18.8. The summed E-state index contributed by atoms with van der Waals surface area (Å²) in [6.07, 6.45) is 6.72. The zero-order valence-corrected chi connectivity index (χ0v) is 20.3. The number of amides is 4. The van der Waals surface area contributed by atoms with Gasteiger partial charge in [-0.2, -0.15) is 15.4 Å². The highest BCUT2D eigenvalue weighted by Crippen LogP contribution is 2.39. The highest BCUT2D eigenvalue weighted by molar-refractivity contribution is 6.08. The average molecular weight is 494 g/mol. The predicted octanol–water partition coefficient (Wildman–Crippen LogP) is 0.505. The third kappa shape index (κ3) is 4.69. The van der Waals surface area contributed by atoms with Crippen LogP contribution in [0.1, 0.15) is 55.8 Å². The Morgan fingerprint density at radius 3 is 2.67 bits per heavy atom. The summed E-state index contributed by atoms with van der Waals surface area (Å²) in [6.45, 7) is 1.59. The molecule has 1 aromatic carbocycles. The van der Waals surface area contributed by atoms with Gasteiger partial charge in [-0.25, -0.2) is 0 Å². The molecule has 0 bridgehead atoms. The molecule has 0 saturated heterocycles. The van der Waals surface area contributed by atoms with E-state index in [1.54, 1.807) is 4.90 Å². The Bertz CT molecular complexity index is 1160. The Kier molecular flexibility index (Phi) is 6.71. The first-order chi connectivity index (χ1) is 17.4. The number of aromatic nitrogens is 3. The quantitative estimate of drug-likeness (QED) is 0.441. The molecule has 1 aliphatic carbocycles. The minimum atomic E-state index is -0.792. The summed E-state index contributed by atoms with van der Waals surface area (Å²) >= 11 is 0. The molecule has 0 unspecified atom stereocenters. The number of anilines is 1. The fourth-order valence-corrected chi connectivity index (χ4v) is 5.75. The second kappa shape index (κ2) is 10.1. The average Bonchev–Trinajstić information content (AvgIpc) is 3.62. The summed E-state index contributed by atoms with van der Waals surface area (Å²) in [5.74, 6) is -1.15. The molecule has 1 saturated carbocycles. The molecule has 4 amide bonds. The Balaban J connectivity index is 1.36. The Labute approximate surface area is 208 Å². The van der Waals surface area contributed by atoms with Crippen molar-refractivity contribution < 1.29 is 19.2 Å². The van der Waals surface area contributed by atoms with Crippen molar-refractivity contribution in [3.8, 4) is 0 Å². The molecule has 0 spiro atoms. The minimum absolute atomic E-state index is 0.0559. The number of nitrogens with one attached hydrogen (secondary N) is 4. The van der Waals surface area contributed by atoms with Crippen LogP contribution >= 0.6 is 0 Å². The molecule has 2 aliphatic heterocycles. The third-order valence-electron chi connectivity index (χ3n) is 7.45. The summed E-state index contributed by atoms with van der Waals surface area (Å²) in [7, 11) is 0. The van der Waals surface area contributed by atoms with E-state index >= 15 is 0 Å². The molecular formula is C25H31N7O4. The number of para-hydroxylation sites is 1. The molecule has 2 aromatic rings. The van der Waals surface area contributed by atoms with Crippen molar-refractivity contribution in [3.63, 3.8) is 0 Å². The van der Waals surface area contributed by atoms with Crippen LogP contribution in [0.2, 0.25) is 0 Å². The van der Waals surface area contributed by atoms with Crippen LogP contribution in [0.25, 0.3) is 0 Å². The lowest BCUT2D eigenvalue weighted by Gasteiger charge is -2.29. The van der Waals surface area contributed by atoms with E-state index in [-0.39, 0.29) is 36.1 Å². The van der Waals surface area contributed by atoms with E-state index in [0.717, 1.165) is 42.5 Å². The van der Waals surface area contributed by atoms with Crippen LogP contribution in [0.15, 0.2) is 24.4 Å². The number of aromatic amines is 1. The second-order valence-corrected chi connectivity index (χ2v) is 9.85. The van der Waals surface area contributed by atoms with Crippen LogP contribution in [0, 0.1) is 5.92 Å². The van der Waals surface area contributed by atoms with Crippen LogP contribution < -0.4 is 20.9 Å². The normalized spacial score (nSPS) is 22.0. The van der Waals surface area contributed by atoms with Crippen molar-refractivity contribution >= 4 is 29.3 Å². The molecule has 0 radical (unpaired) electrons. The molecular weight excluding hydrogens is 462 g/mol. The van der Waals surface area contributed by atoms with Gasteiger partial charge < -0.3 is 16.0 Å². The molecule has 3 heterocycles. The lowest BCUT2D eigenvalue weighted by atomic mass is 9.96. The number of rotatable bonds is 7. The molecule has 3 atom stereocenters. The van der Waals surface area contributed by atoms with Gasteiger partial charge in [0, 0.05) is 13.3 Å². The van der Waals surface area contributed by atoms with Gasteiger partial charge >= 0.3 is 0 Å². The van der Waals surface area contributed by atoms with Gasteiger partial charge in [-0.1, -0.05) is 31.0 Å². The van der Waals surface area contributed by atoms with Crippen LogP contribution in [-0.2, 0) is 38.6 Å². The summed E-state index contributed by atoms with van der Waals surface area (Å²) in [4.78, 5) is 53.8. The predicted molar refractivity (Wildman–Crippen MR) is 129 cm³/mol. The summed E-state index contributed by atoms with van der Waals surface area (Å²) < 4.78 is 0. The lowest BCUT2D eigenvalue weighted by Crippen LogP contribution is -2.58. The maximum absolute atomic E-state index is 13.8. The molecule has 11 heteroatoms. The molecule has 1 aromatic heterocycles. The summed E-state index contributed by atoms with van der Waals surface area (Å²) in [5.41, 5.74) is 3.29. The van der Waals surface area contributed by atoms with Crippen LogP contribution in [0.4, 0.5) is 5.69 Å². The molecule has 1 fully saturated rings. The smallest absolute Gasteiger partial charge is 0.250 e. The highest BCUT2D eigenvalue weighted by Gasteiger charge is 2.44. The van der Waals surface area contributed by atoms with Crippen molar-refractivity contribution in [1.29, 1.82) is 0 Å². The largest absolute Gasteiger partial charge is 0.348 e. The number of hydrogen-bond acceptors (Lipinski definition) is 6. The van der Waals surface area contributed by atoms with E-state index in [1.807, 2.05) is 18.2 Å². The molecule has 11 nitrogen and oxygen atoms in total. The SMILES string of the molecule is CC(=O)N[C@H](C(=O)N[C@H]1CCc2cccc3c2N(C1=O)[C@H](C(=O)NCc1cn[nH]n1)C3)C1CCCC1. The van der Waals surface area contributed by atoms with E-state index in [9.17, 15) is 19.2 Å². The highest BCUT2D eigenvalue weighted by atomic mass is 16.2. The zero-order chi connectivity index (χ0) is 25.2. The van der Waals surface area contributed by atoms with Crippen LogP contribution in [0.5, 0.6) is 0 Å². The van der Waals surface area contributed by atoms with Gasteiger partial charge in [0.25, 0.3) is 0 Å². The van der Waals surface area contributed by atoms with E-state index in [2.05, 4.69) is 31.4 Å². The number of benzene rings is 1. The molecule has 36 heavy (non-hydrogen) atoms. The van der Waals surface area contributed by atoms with Crippen molar-refractivity contribution in [2.45, 2.75) is 76.5 Å². The fraction of sp³-hybridized carbons (Fsp3) is 0.520. The third-order valence-corrected chi connectivity index (χ3v) is 7.45. The number of H-pyrrole nitrogens is 1. The molecule has 4 N–H and O–H groups in total. The van der Waals surface area contributed by atoms with E-state index in [4.69, 9.17) is 0 Å². The van der Waals surface area contributed by atoms with E-state index in [1.165, 1.54) is 13.1 Å². The topological polar surface area (TPSA) is 149 Å². The van der Waals surface area contributed by atoms with Crippen molar-refractivity contribution in [2.75, 3.05) is 4.90 Å². The van der Waals surface area contributed by atoms with Gasteiger partial charge in [-0.05, 0) is 42.7 Å². The lowest BCUT2D eigenvalue weighted by molar-refractivity contribution is -0.132. The van der Waals surface area contributed by atoms with Crippen LogP contribution in [-0.4, -0.2) is 57.2 Å². The number of hydrogen-bond donors (Lipinski definition) is 4. The number of nitrogens with zero attached hydrogens (tertiary/aromatic N) is 3. The monoisotopic (exact) mass is 493 g/mol. The van der Waals surface area contributed by atoms with Crippen molar-refractivity contribution in [1.82, 2.24) is 31.4 Å². The standard InChI is InChI=1S/C25H31N7O4/c1-14(33)28-21(15-5-2-3-6-15)24(35)29-19-10-9-16-7-4-8-17-11-20(32(22(16)17)25(19)36)23(34)26-12-18-13-27-31-30-18/h4,7-8,13,15,19-21H,2-3,5-6,9-12H2,1H3,(H,26,34)(H,28,33)(H,29,35)(H,27,30,31)/t19-,20-,21-/m0/s1. The van der Waals surface area contributed by atoms with Gasteiger partial charge in [0.15, 0.2) is 0 Å². The molecule has 3 aliphatic rings. The van der Waals surface area contributed by atoms with Gasteiger partial charge in [-0.3, -0.25) is 24.1 Å². The number of carbonyl (C=O) groups is 4.